The minimum atomic E-state index is 0. The lowest BCUT2D eigenvalue weighted by Gasteiger charge is -2.11. The van der Waals surface area contributed by atoms with Crippen LogP contribution in [0.25, 0.3) is 0 Å². The molecule has 2 N–H and O–H groups in total. The van der Waals surface area contributed by atoms with E-state index in [9.17, 15) is 0 Å². The Hall–Kier alpha value is -2.04. The first-order valence-corrected chi connectivity index (χ1v) is 10.7. The highest BCUT2D eigenvalue weighted by atomic mass is 127. The van der Waals surface area contributed by atoms with Gasteiger partial charge in [-0.1, -0.05) is 25.1 Å². The Kier molecular flexibility index (Phi) is 13.0. The number of aromatic nitrogens is 2. The molecule has 0 aliphatic rings. The van der Waals surface area contributed by atoms with E-state index >= 15 is 0 Å². The molecule has 0 radical (unpaired) electrons. The van der Waals surface area contributed by atoms with E-state index in [4.69, 9.17) is 14.0 Å². The average molecular weight is 545 g/mol. The fraction of sp³-hybridized carbons (Fsp3) is 0.591. The first-order chi connectivity index (χ1) is 14.6. The number of hydrogen-bond acceptors (Lipinski definition) is 6. The van der Waals surface area contributed by atoms with Crippen LogP contribution < -0.4 is 20.1 Å². The summed E-state index contributed by atoms with van der Waals surface area (Å²) >= 11 is 0. The second-order valence-corrected chi connectivity index (χ2v) is 7.16. The number of aryl methyl sites for hydroxylation is 1. The van der Waals surface area contributed by atoms with Crippen molar-refractivity contribution in [2.75, 3.05) is 33.4 Å². The Morgan fingerprint density at radius 2 is 1.97 bits per heavy atom. The minimum absolute atomic E-state index is 0. The predicted molar refractivity (Wildman–Crippen MR) is 134 cm³/mol. The Morgan fingerprint density at radius 1 is 1.16 bits per heavy atom. The van der Waals surface area contributed by atoms with E-state index in [0.29, 0.717) is 25.5 Å². The maximum Gasteiger partial charge on any atom is 0.228 e. The number of halogens is 1. The fourth-order valence-electron chi connectivity index (χ4n) is 2.85. The highest BCUT2D eigenvalue weighted by molar-refractivity contribution is 14.0. The Morgan fingerprint density at radius 3 is 2.61 bits per heavy atom. The molecule has 2 aromatic rings. The van der Waals surface area contributed by atoms with Gasteiger partial charge in [-0.2, -0.15) is 4.98 Å². The standard InChI is InChI=1S/C22H35N5O3.HI/c1-6-23-22(25-14-12-20-26-21(16(3)4)27-30-20)24-13-8-9-17-10-11-18(28-5)19(15-17)29-7-2;/h10-11,15-16H,6-9,12-14H2,1-5H3,(H2,23,24,25);1H. The lowest BCUT2D eigenvalue weighted by molar-refractivity contribution is 0.310. The van der Waals surface area contributed by atoms with Crippen LogP contribution in [-0.2, 0) is 12.8 Å². The zero-order valence-electron chi connectivity index (χ0n) is 19.2. The highest BCUT2D eigenvalue weighted by Gasteiger charge is 2.09. The van der Waals surface area contributed by atoms with Crippen LogP contribution in [0.3, 0.4) is 0 Å². The third-order valence-electron chi connectivity index (χ3n) is 4.40. The number of benzene rings is 1. The Balaban J connectivity index is 0.00000480. The zero-order chi connectivity index (χ0) is 21.8. The van der Waals surface area contributed by atoms with Gasteiger partial charge in [0.2, 0.25) is 5.89 Å². The third-order valence-corrected chi connectivity index (χ3v) is 4.40. The van der Waals surface area contributed by atoms with Crippen molar-refractivity contribution in [2.24, 2.45) is 4.99 Å². The van der Waals surface area contributed by atoms with Crippen molar-refractivity contribution in [3.63, 3.8) is 0 Å². The molecule has 9 heteroatoms. The monoisotopic (exact) mass is 545 g/mol. The topological polar surface area (TPSA) is 93.8 Å². The number of hydrogen-bond donors (Lipinski definition) is 2. The van der Waals surface area contributed by atoms with E-state index in [2.05, 4.69) is 38.8 Å². The zero-order valence-corrected chi connectivity index (χ0v) is 21.6. The summed E-state index contributed by atoms with van der Waals surface area (Å²) in [6.07, 6.45) is 2.53. The molecule has 174 valence electrons. The molecule has 0 saturated heterocycles. The second-order valence-electron chi connectivity index (χ2n) is 7.16. The van der Waals surface area contributed by atoms with Gasteiger partial charge in [-0.3, -0.25) is 4.99 Å². The molecule has 31 heavy (non-hydrogen) atoms. The van der Waals surface area contributed by atoms with Gasteiger partial charge in [0.15, 0.2) is 23.3 Å². The Bertz CT molecular complexity index is 795. The summed E-state index contributed by atoms with van der Waals surface area (Å²) in [5, 5.41) is 10.6. The lowest BCUT2D eigenvalue weighted by atomic mass is 10.1. The molecule has 0 aliphatic carbocycles. The third kappa shape index (κ3) is 9.32. The number of nitrogens with zero attached hydrogens (tertiary/aromatic N) is 3. The molecule has 0 atom stereocenters. The van der Waals surface area contributed by atoms with Gasteiger partial charge in [-0.15, -0.1) is 24.0 Å². The molecule has 2 rings (SSSR count). The summed E-state index contributed by atoms with van der Waals surface area (Å²) in [6.45, 7) is 10.9. The smallest absolute Gasteiger partial charge is 0.228 e. The second kappa shape index (κ2) is 14.9. The van der Waals surface area contributed by atoms with Crippen LogP contribution in [0.15, 0.2) is 27.7 Å². The predicted octanol–water partition coefficient (Wildman–Crippen LogP) is 3.95. The molecule has 1 heterocycles. The molecule has 0 bridgehead atoms. The first-order valence-electron chi connectivity index (χ1n) is 10.7. The largest absolute Gasteiger partial charge is 0.493 e. The minimum Gasteiger partial charge on any atom is -0.493 e. The average Bonchev–Trinajstić information content (AvgIpc) is 3.21. The molecule has 0 spiro atoms. The van der Waals surface area contributed by atoms with Crippen LogP contribution in [0.5, 0.6) is 11.5 Å². The lowest BCUT2D eigenvalue weighted by Crippen LogP contribution is -2.38. The van der Waals surface area contributed by atoms with Crippen LogP contribution in [-0.4, -0.2) is 49.5 Å². The number of ether oxygens (including phenoxy) is 2. The number of rotatable bonds is 12. The molecule has 0 aliphatic heterocycles. The van der Waals surface area contributed by atoms with Gasteiger partial charge < -0.3 is 24.6 Å². The maximum absolute atomic E-state index is 5.65. The van der Waals surface area contributed by atoms with Gasteiger partial charge in [0, 0.05) is 32.0 Å². The number of aliphatic imine (C=N–C) groups is 1. The summed E-state index contributed by atoms with van der Waals surface area (Å²) in [5.41, 5.74) is 1.21. The van der Waals surface area contributed by atoms with Gasteiger partial charge in [0.05, 0.1) is 13.7 Å². The van der Waals surface area contributed by atoms with E-state index in [1.165, 1.54) is 5.56 Å². The van der Waals surface area contributed by atoms with E-state index < -0.39 is 0 Å². The first kappa shape index (κ1) is 27.0. The van der Waals surface area contributed by atoms with Crippen LogP contribution in [0, 0.1) is 0 Å². The van der Waals surface area contributed by atoms with Crippen LogP contribution >= 0.6 is 24.0 Å². The van der Waals surface area contributed by atoms with Crippen molar-refractivity contribution in [3.8, 4) is 11.5 Å². The summed E-state index contributed by atoms with van der Waals surface area (Å²) in [5.74, 6) is 4.01. The van der Waals surface area contributed by atoms with Crippen molar-refractivity contribution in [1.82, 2.24) is 20.8 Å². The summed E-state index contributed by atoms with van der Waals surface area (Å²) < 4.78 is 16.3. The van der Waals surface area contributed by atoms with Crippen LogP contribution in [0.2, 0.25) is 0 Å². The summed E-state index contributed by atoms with van der Waals surface area (Å²) in [7, 11) is 1.66. The van der Waals surface area contributed by atoms with Crippen molar-refractivity contribution in [1.29, 1.82) is 0 Å². The fourth-order valence-corrected chi connectivity index (χ4v) is 2.85. The Labute approximate surface area is 202 Å². The van der Waals surface area contributed by atoms with Crippen LogP contribution in [0.1, 0.15) is 57.3 Å². The molecule has 0 unspecified atom stereocenters. The number of guanidine groups is 1. The molecular weight excluding hydrogens is 509 g/mol. The maximum atomic E-state index is 5.65. The van der Waals surface area contributed by atoms with E-state index in [1.807, 2.05) is 32.9 Å². The molecule has 1 aromatic carbocycles. The molecule has 1 aromatic heterocycles. The van der Waals surface area contributed by atoms with Crippen molar-refractivity contribution in [2.45, 2.75) is 52.9 Å². The molecule has 0 amide bonds. The number of methoxy groups -OCH3 is 1. The van der Waals surface area contributed by atoms with Crippen molar-refractivity contribution >= 4 is 29.9 Å². The summed E-state index contributed by atoms with van der Waals surface area (Å²) in [6, 6.07) is 6.08. The van der Waals surface area contributed by atoms with Crippen LogP contribution in [0.4, 0.5) is 0 Å². The van der Waals surface area contributed by atoms with E-state index in [-0.39, 0.29) is 29.9 Å². The van der Waals surface area contributed by atoms with E-state index in [0.717, 1.165) is 49.2 Å². The van der Waals surface area contributed by atoms with Crippen molar-refractivity contribution in [3.05, 3.63) is 35.5 Å². The van der Waals surface area contributed by atoms with Gasteiger partial charge in [-0.05, 0) is 44.4 Å². The molecule has 8 nitrogen and oxygen atoms in total. The normalized spacial score (nSPS) is 11.2. The quantitative estimate of drug-likeness (QED) is 0.181. The summed E-state index contributed by atoms with van der Waals surface area (Å²) in [4.78, 5) is 9.05. The molecule has 0 fully saturated rings. The van der Waals surface area contributed by atoms with Gasteiger partial charge in [0.25, 0.3) is 0 Å². The van der Waals surface area contributed by atoms with Gasteiger partial charge in [0.1, 0.15) is 0 Å². The van der Waals surface area contributed by atoms with Gasteiger partial charge >= 0.3 is 0 Å². The van der Waals surface area contributed by atoms with E-state index in [1.54, 1.807) is 7.11 Å². The molecular formula is C22H36IN5O3. The molecule has 0 saturated carbocycles. The van der Waals surface area contributed by atoms with Crippen molar-refractivity contribution < 1.29 is 14.0 Å². The van der Waals surface area contributed by atoms with Gasteiger partial charge in [-0.25, -0.2) is 0 Å². The highest BCUT2D eigenvalue weighted by Crippen LogP contribution is 2.28. The SMILES string of the molecule is CCNC(=NCCCc1ccc(OC)c(OCC)c1)NCCc1nc(C(C)C)no1.I. The number of nitrogens with one attached hydrogen (secondary N) is 2.